The number of nitrogens with zero attached hydrogens (tertiary/aromatic N) is 1. The molecule has 1 heterocycles. The quantitative estimate of drug-likeness (QED) is 0.458. The molecule has 5 rings (SSSR count). The molecule has 2 aliphatic rings. The van der Waals surface area contributed by atoms with Crippen LogP contribution in [0.3, 0.4) is 0 Å². The zero-order chi connectivity index (χ0) is 21.4. The molecule has 0 bridgehead atoms. The van der Waals surface area contributed by atoms with Crippen LogP contribution in [0.5, 0.6) is 5.75 Å². The van der Waals surface area contributed by atoms with Gasteiger partial charge in [0, 0.05) is 11.0 Å². The summed E-state index contributed by atoms with van der Waals surface area (Å²) in [5.74, 6) is 0.941. The summed E-state index contributed by atoms with van der Waals surface area (Å²) >= 11 is 1.50. The van der Waals surface area contributed by atoms with Gasteiger partial charge in [0.25, 0.3) is 5.56 Å². The average molecular weight is 433 g/mol. The predicted molar refractivity (Wildman–Crippen MR) is 125 cm³/mol. The Hall–Kier alpha value is -2.53. The summed E-state index contributed by atoms with van der Waals surface area (Å²) in [5, 5.41) is 0.716. The van der Waals surface area contributed by atoms with E-state index in [0.29, 0.717) is 11.8 Å². The summed E-state index contributed by atoms with van der Waals surface area (Å²) in [4.78, 5) is 20.3. The van der Waals surface area contributed by atoms with E-state index in [1.807, 2.05) is 24.5 Å². The van der Waals surface area contributed by atoms with Crippen LogP contribution < -0.4 is 10.3 Å². The number of fused-ring (bicyclic) bond motifs is 3. The van der Waals surface area contributed by atoms with Gasteiger partial charge in [-0.05, 0) is 86.1 Å². The zero-order valence-corrected chi connectivity index (χ0v) is 19.0. The maximum atomic E-state index is 12.6. The molecular formula is C26H28N2O2S. The molecule has 4 nitrogen and oxygen atoms in total. The van der Waals surface area contributed by atoms with Crippen molar-refractivity contribution >= 4 is 11.8 Å². The second-order valence-corrected chi connectivity index (χ2v) is 9.65. The SMILES string of the molecule is CSc1nc2c(c(=O)[nH]1)CCC1(CCCc3c(C)cc(OCc4ccccc4)cc31)C2. The second-order valence-electron chi connectivity index (χ2n) is 8.85. The van der Waals surface area contributed by atoms with Gasteiger partial charge in [-0.2, -0.15) is 0 Å². The van der Waals surface area contributed by atoms with Gasteiger partial charge in [-0.1, -0.05) is 42.1 Å². The Labute approximate surface area is 187 Å². The molecule has 31 heavy (non-hydrogen) atoms. The molecule has 3 aromatic rings. The predicted octanol–water partition coefficient (Wildman–Crippen LogP) is 5.14. The first-order valence-electron chi connectivity index (χ1n) is 11.0. The first kappa shape index (κ1) is 20.4. The lowest BCUT2D eigenvalue weighted by Gasteiger charge is -2.43. The maximum absolute atomic E-state index is 12.6. The third-order valence-electron chi connectivity index (χ3n) is 6.98. The molecule has 1 aromatic heterocycles. The lowest BCUT2D eigenvalue weighted by Crippen LogP contribution is -2.39. The Bertz CT molecular complexity index is 1170. The van der Waals surface area contributed by atoms with Crippen molar-refractivity contribution in [1.29, 1.82) is 0 Å². The van der Waals surface area contributed by atoms with Crippen LogP contribution in [-0.2, 0) is 31.3 Å². The van der Waals surface area contributed by atoms with Gasteiger partial charge < -0.3 is 9.72 Å². The summed E-state index contributed by atoms with van der Waals surface area (Å²) in [6.07, 6.45) is 8.04. The lowest BCUT2D eigenvalue weighted by atomic mass is 9.62. The Kier molecular flexibility index (Phi) is 5.39. The van der Waals surface area contributed by atoms with Crippen molar-refractivity contribution in [2.75, 3.05) is 6.26 Å². The maximum Gasteiger partial charge on any atom is 0.254 e. The van der Waals surface area contributed by atoms with Crippen LogP contribution in [0, 0.1) is 6.92 Å². The molecule has 0 aliphatic heterocycles. The number of rotatable bonds is 4. The van der Waals surface area contributed by atoms with Crippen molar-refractivity contribution in [2.45, 2.75) is 62.6 Å². The van der Waals surface area contributed by atoms with E-state index < -0.39 is 0 Å². The largest absolute Gasteiger partial charge is 0.489 e. The number of thioether (sulfide) groups is 1. The van der Waals surface area contributed by atoms with Crippen molar-refractivity contribution in [3.05, 3.63) is 86.3 Å². The number of hydrogen-bond donors (Lipinski definition) is 1. The molecule has 1 atom stereocenters. The molecule has 1 spiro atoms. The standard InChI is InChI=1S/C26H28N2O2S/c1-17-13-19(30-16-18-7-4-3-5-8-18)14-22-20(17)9-6-11-26(22)12-10-21-23(15-26)27-25(31-2)28-24(21)29/h3-5,7-8,13-14H,6,9-12,15-16H2,1-2H3,(H,27,28,29). The minimum absolute atomic E-state index is 0.0383. The minimum Gasteiger partial charge on any atom is -0.489 e. The van der Waals surface area contributed by atoms with E-state index in [4.69, 9.17) is 9.72 Å². The Morgan fingerprint density at radius 3 is 2.77 bits per heavy atom. The van der Waals surface area contributed by atoms with Crippen molar-refractivity contribution in [2.24, 2.45) is 0 Å². The fourth-order valence-electron chi connectivity index (χ4n) is 5.39. The van der Waals surface area contributed by atoms with E-state index in [9.17, 15) is 4.79 Å². The van der Waals surface area contributed by atoms with Crippen molar-refractivity contribution < 1.29 is 4.74 Å². The van der Waals surface area contributed by atoms with Crippen molar-refractivity contribution in [3.8, 4) is 5.75 Å². The van der Waals surface area contributed by atoms with Crippen molar-refractivity contribution in [1.82, 2.24) is 9.97 Å². The average Bonchev–Trinajstić information content (AvgIpc) is 2.79. The molecule has 1 unspecified atom stereocenters. The highest BCUT2D eigenvalue weighted by Crippen LogP contribution is 2.47. The van der Waals surface area contributed by atoms with Gasteiger partial charge in [0.15, 0.2) is 5.16 Å². The number of H-pyrrole nitrogens is 1. The summed E-state index contributed by atoms with van der Waals surface area (Å²) in [7, 11) is 0. The Morgan fingerprint density at radius 1 is 1.13 bits per heavy atom. The van der Waals surface area contributed by atoms with E-state index in [1.165, 1.54) is 40.4 Å². The monoisotopic (exact) mass is 432 g/mol. The number of aromatic amines is 1. The van der Waals surface area contributed by atoms with Gasteiger partial charge in [0.05, 0.1) is 5.69 Å². The highest BCUT2D eigenvalue weighted by molar-refractivity contribution is 7.98. The first-order chi connectivity index (χ1) is 15.1. The van der Waals surface area contributed by atoms with E-state index >= 15 is 0 Å². The summed E-state index contributed by atoms with van der Waals surface area (Å²) in [6.45, 7) is 2.78. The molecule has 1 N–H and O–H groups in total. The molecule has 0 saturated carbocycles. The molecular weight excluding hydrogens is 404 g/mol. The summed E-state index contributed by atoms with van der Waals surface area (Å²) < 4.78 is 6.22. The number of ether oxygens (including phenoxy) is 1. The first-order valence-corrected chi connectivity index (χ1v) is 12.3. The topological polar surface area (TPSA) is 55.0 Å². The normalized spacial score (nSPS) is 19.7. The Balaban J connectivity index is 1.51. The lowest BCUT2D eigenvalue weighted by molar-refractivity contribution is 0.292. The minimum atomic E-state index is 0.0383. The number of hydrogen-bond acceptors (Lipinski definition) is 4. The zero-order valence-electron chi connectivity index (χ0n) is 18.2. The number of aromatic nitrogens is 2. The molecule has 2 aromatic carbocycles. The van der Waals surface area contributed by atoms with Crippen LogP contribution in [0.25, 0.3) is 0 Å². The van der Waals surface area contributed by atoms with Gasteiger partial charge >= 0.3 is 0 Å². The highest BCUT2D eigenvalue weighted by atomic mass is 32.2. The molecule has 0 radical (unpaired) electrons. The summed E-state index contributed by atoms with van der Waals surface area (Å²) in [6, 6.07) is 14.8. The molecule has 0 saturated heterocycles. The van der Waals surface area contributed by atoms with Gasteiger partial charge in [-0.3, -0.25) is 4.79 Å². The van der Waals surface area contributed by atoms with Gasteiger partial charge in [0.1, 0.15) is 12.4 Å². The van der Waals surface area contributed by atoms with E-state index in [-0.39, 0.29) is 11.0 Å². The number of aryl methyl sites for hydroxylation is 1. The van der Waals surface area contributed by atoms with Crippen LogP contribution >= 0.6 is 11.8 Å². The van der Waals surface area contributed by atoms with Gasteiger partial charge in [0.2, 0.25) is 0 Å². The van der Waals surface area contributed by atoms with Crippen LogP contribution in [0.1, 0.15) is 52.8 Å². The fourth-order valence-corrected chi connectivity index (χ4v) is 5.79. The van der Waals surface area contributed by atoms with Crippen LogP contribution in [0.4, 0.5) is 0 Å². The summed E-state index contributed by atoms with van der Waals surface area (Å²) in [5.41, 5.74) is 7.33. The molecule has 0 amide bonds. The molecule has 0 fully saturated rings. The van der Waals surface area contributed by atoms with E-state index in [1.54, 1.807) is 0 Å². The second kappa shape index (κ2) is 8.19. The van der Waals surface area contributed by atoms with Crippen LogP contribution in [0.15, 0.2) is 52.4 Å². The third-order valence-corrected chi connectivity index (χ3v) is 7.56. The van der Waals surface area contributed by atoms with E-state index in [0.717, 1.165) is 49.1 Å². The van der Waals surface area contributed by atoms with Crippen LogP contribution in [0.2, 0.25) is 0 Å². The number of benzene rings is 2. The molecule has 2 aliphatic carbocycles. The van der Waals surface area contributed by atoms with E-state index in [2.05, 4.69) is 36.2 Å². The fraction of sp³-hybridized carbons (Fsp3) is 0.385. The van der Waals surface area contributed by atoms with Gasteiger partial charge in [-0.15, -0.1) is 0 Å². The number of nitrogens with one attached hydrogen (secondary N) is 1. The third kappa shape index (κ3) is 3.80. The highest BCUT2D eigenvalue weighted by Gasteiger charge is 2.41. The van der Waals surface area contributed by atoms with Gasteiger partial charge in [-0.25, -0.2) is 4.98 Å². The Morgan fingerprint density at radius 2 is 1.97 bits per heavy atom. The smallest absolute Gasteiger partial charge is 0.254 e. The van der Waals surface area contributed by atoms with Crippen molar-refractivity contribution in [3.63, 3.8) is 0 Å². The van der Waals surface area contributed by atoms with Crippen LogP contribution in [-0.4, -0.2) is 16.2 Å². The molecule has 160 valence electrons. The molecule has 5 heteroatoms.